The lowest BCUT2D eigenvalue weighted by atomic mass is 9.49. The van der Waals surface area contributed by atoms with E-state index in [1.807, 2.05) is 0 Å². The molecule has 4 aliphatic rings. The minimum atomic E-state index is -0.320. The van der Waals surface area contributed by atoms with Crippen LogP contribution in [-0.4, -0.2) is 11.8 Å². The monoisotopic (exact) mass is 394 g/mol. The summed E-state index contributed by atoms with van der Waals surface area (Å²) in [5.74, 6) is 2.02. The second-order valence-corrected chi connectivity index (χ2v) is 9.38. The van der Waals surface area contributed by atoms with Crippen molar-refractivity contribution in [2.45, 2.75) is 51.4 Å². The van der Waals surface area contributed by atoms with Crippen molar-refractivity contribution in [1.29, 1.82) is 0 Å². The predicted octanol–water partition coefficient (Wildman–Crippen LogP) is 4.29. The highest BCUT2D eigenvalue weighted by molar-refractivity contribution is 6.36. The summed E-state index contributed by atoms with van der Waals surface area (Å²) >= 11 is 12.2. The smallest absolute Gasteiger partial charge is 0.242 e. The zero-order valence-corrected chi connectivity index (χ0v) is 16.2. The first-order chi connectivity index (χ1) is 12.4. The van der Waals surface area contributed by atoms with Crippen LogP contribution in [0.1, 0.15) is 50.5 Å². The Morgan fingerprint density at radius 1 is 0.923 bits per heavy atom. The van der Waals surface area contributed by atoms with E-state index in [0.29, 0.717) is 22.0 Å². The maximum Gasteiger partial charge on any atom is 0.242 e. The fraction of sp³-hybridized carbons (Fsp3) is 0.600. The number of carbonyl (C=O) groups excluding carboxylic acids is 2. The maximum absolute atomic E-state index is 12.4. The normalized spacial score (nSPS) is 31.7. The van der Waals surface area contributed by atoms with Crippen LogP contribution in [-0.2, 0) is 16.0 Å². The fourth-order valence-electron chi connectivity index (χ4n) is 5.94. The van der Waals surface area contributed by atoms with Gasteiger partial charge in [-0.25, -0.2) is 0 Å². The van der Waals surface area contributed by atoms with Crippen LogP contribution >= 0.6 is 23.2 Å². The number of halogens is 2. The van der Waals surface area contributed by atoms with Gasteiger partial charge in [0.05, 0.1) is 6.42 Å². The van der Waals surface area contributed by atoms with Gasteiger partial charge in [-0.2, -0.15) is 0 Å². The van der Waals surface area contributed by atoms with Gasteiger partial charge in [0.15, 0.2) is 0 Å². The number of benzene rings is 1. The van der Waals surface area contributed by atoms with Crippen LogP contribution in [0.2, 0.25) is 10.0 Å². The second-order valence-electron chi connectivity index (χ2n) is 8.57. The van der Waals surface area contributed by atoms with Crippen molar-refractivity contribution in [1.82, 2.24) is 10.9 Å². The third-order valence-electron chi connectivity index (χ3n) is 6.44. The maximum atomic E-state index is 12.4. The molecule has 6 heteroatoms. The third kappa shape index (κ3) is 3.72. The third-order valence-corrected chi connectivity index (χ3v) is 7.15. The van der Waals surface area contributed by atoms with Crippen LogP contribution in [0.25, 0.3) is 0 Å². The largest absolute Gasteiger partial charge is 0.273 e. The minimum Gasteiger partial charge on any atom is -0.273 e. The Morgan fingerprint density at radius 2 is 1.42 bits per heavy atom. The predicted molar refractivity (Wildman–Crippen MR) is 102 cm³/mol. The van der Waals surface area contributed by atoms with Gasteiger partial charge in [-0.05, 0) is 79.4 Å². The molecule has 0 saturated heterocycles. The number of carbonyl (C=O) groups is 2. The molecule has 2 amide bonds. The van der Waals surface area contributed by atoms with Gasteiger partial charge in [0, 0.05) is 16.5 Å². The summed E-state index contributed by atoms with van der Waals surface area (Å²) in [4.78, 5) is 24.6. The highest BCUT2D eigenvalue weighted by atomic mass is 35.5. The van der Waals surface area contributed by atoms with E-state index in [9.17, 15) is 9.59 Å². The molecule has 0 aliphatic heterocycles. The summed E-state index contributed by atoms with van der Waals surface area (Å²) in [5, 5.41) is 0.903. The molecule has 0 aromatic heterocycles. The van der Waals surface area contributed by atoms with E-state index < -0.39 is 0 Å². The Balaban J connectivity index is 1.30. The zero-order valence-electron chi connectivity index (χ0n) is 14.7. The summed E-state index contributed by atoms with van der Waals surface area (Å²) in [6.45, 7) is 0. The van der Waals surface area contributed by atoms with Crippen molar-refractivity contribution in [3.05, 3.63) is 33.8 Å². The number of rotatable bonds is 4. The van der Waals surface area contributed by atoms with Crippen molar-refractivity contribution < 1.29 is 9.59 Å². The van der Waals surface area contributed by atoms with E-state index in [4.69, 9.17) is 23.2 Å². The van der Waals surface area contributed by atoms with Crippen LogP contribution in [0.4, 0.5) is 0 Å². The summed E-state index contributed by atoms with van der Waals surface area (Å²) in [6, 6.07) is 5.13. The van der Waals surface area contributed by atoms with Crippen LogP contribution in [0.5, 0.6) is 0 Å². The molecular formula is C20H24Cl2N2O2. The molecule has 0 atom stereocenters. The van der Waals surface area contributed by atoms with E-state index in [2.05, 4.69) is 10.9 Å². The van der Waals surface area contributed by atoms with E-state index in [1.54, 1.807) is 18.2 Å². The number of hydrazine groups is 1. The van der Waals surface area contributed by atoms with Crippen LogP contribution in [0, 0.1) is 23.2 Å². The quantitative estimate of drug-likeness (QED) is 0.748. The molecule has 1 aromatic carbocycles. The molecule has 140 valence electrons. The van der Waals surface area contributed by atoms with Crippen molar-refractivity contribution >= 4 is 35.0 Å². The van der Waals surface area contributed by atoms with Crippen molar-refractivity contribution in [3.8, 4) is 0 Å². The van der Waals surface area contributed by atoms with Crippen LogP contribution in [0.3, 0.4) is 0 Å². The molecular weight excluding hydrogens is 371 g/mol. The summed E-state index contributed by atoms with van der Waals surface area (Å²) in [5.41, 5.74) is 5.84. The molecule has 4 saturated carbocycles. The molecule has 5 rings (SSSR count). The molecule has 4 bridgehead atoms. The minimum absolute atomic E-state index is 0.0378. The van der Waals surface area contributed by atoms with Crippen molar-refractivity contribution in [2.75, 3.05) is 0 Å². The number of hydrogen-bond donors (Lipinski definition) is 2. The first-order valence-corrected chi connectivity index (χ1v) is 10.2. The Kier molecular flexibility index (Phi) is 4.91. The van der Waals surface area contributed by atoms with Crippen molar-refractivity contribution in [2.24, 2.45) is 23.2 Å². The van der Waals surface area contributed by atoms with Gasteiger partial charge in [0.1, 0.15) is 0 Å². The second kappa shape index (κ2) is 7.05. The van der Waals surface area contributed by atoms with Crippen LogP contribution < -0.4 is 10.9 Å². The molecule has 0 unspecified atom stereocenters. The fourth-order valence-corrected chi connectivity index (χ4v) is 6.47. The van der Waals surface area contributed by atoms with Gasteiger partial charge < -0.3 is 0 Å². The summed E-state index contributed by atoms with van der Waals surface area (Å²) in [6.07, 6.45) is 8.16. The molecule has 26 heavy (non-hydrogen) atoms. The van der Waals surface area contributed by atoms with Gasteiger partial charge >= 0.3 is 0 Å². The highest BCUT2D eigenvalue weighted by Crippen LogP contribution is 2.61. The zero-order chi connectivity index (χ0) is 18.3. The Hall–Kier alpha value is -1.26. The molecule has 2 N–H and O–H groups in total. The van der Waals surface area contributed by atoms with Gasteiger partial charge in [-0.15, -0.1) is 0 Å². The number of hydrogen-bond acceptors (Lipinski definition) is 2. The van der Waals surface area contributed by atoms with Gasteiger partial charge in [0.2, 0.25) is 11.8 Å². The molecule has 4 nitrogen and oxygen atoms in total. The topological polar surface area (TPSA) is 58.2 Å². The highest BCUT2D eigenvalue weighted by Gasteiger charge is 2.51. The molecule has 0 spiro atoms. The Labute approximate surface area is 164 Å². The Morgan fingerprint density at radius 3 is 1.96 bits per heavy atom. The molecule has 0 heterocycles. The summed E-state index contributed by atoms with van der Waals surface area (Å²) < 4.78 is 0. The van der Waals surface area contributed by atoms with Gasteiger partial charge in [-0.1, -0.05) is 29.3 Å². The molecule has 0 radical (unpaired) electrons. The first kappa shape index (κ1) is 18.1. The van der Waals surface area contributed by atoms with Gasteiger partial charge in [0.25, 0.3) is 0 Å². The van der Waals surface area contributed by atoms with E-state index in [-0.39, 0.29) is 23.7 Å². The average molecular weight is 395 g/mol. The Bertz CT molecular complexity index is 679. The van der Waals surface area contributed by atoms with Crippen molar-refractivity contribution in [3.63, 3.8) is 0 Å². The van der Waals surface area contributed by atoms with E-state index in [1.165, 1.54) is 38.5 Å². The number of amides is 2. The molecule has 1 aromatic rings. The molecule has 4 aliphatic carbocycles. The first-order valence-electron chi connectivity index (χ1n) is 9.43. The van der Waals surface area contributed by atoms with Gasteiger partial charge in [-0.3, -0.25) is 20.4 Å². The van der Waals surface area contributed by atoms with Crippen LogP contribution in [0.15, 0.2) is 18.2 Å². The lowest BCUT2D eigenvalue weighted by molar-refractivity contribution is -0.134. The SMILES string of the molecule is O=C(Cc1c(Cl)cccc1Cl)NNC(=O)CC12CC3CC(CC(C3)C1)C2. The van der Waals surface area contributed by atoms with E-state index >= 15 is 0 Å². The van der Waals surface area contributed by atoms with E-state index in [0.717, 1.165) is 17.8 Å². The average Bonchev–Trinajstić information content (AvgIpc) is 2.55. The number of nitrogens with one attached hydrogen (secondary N) is 2. The standard InChI is InChI=1S/C20H24Cl2N2O2/c21-16-2-1-3-17(22)15(16)7-18(25)23-24-19(26)11-20-8-12-4-13(9-20)6-14(5-12)10-20/h1-3,12-14H,4-11H2,(H,23,25)(H,24,26). The lowest BCUT2D eigenvalue weighted by Crippen LogP contribution is -2.50. The lowest BCUT2D eigenvalue weighted by Gasteiger charge is -2.56. The molecule has 4 fully saturated rings. The summed E-state index contributed by atoms with van der Waals surface area (Å²) in [7, 11) is 0.